The quantitative estimate of drug-likeness (QED) is 0.911. The Kier molecular flexibility index (Phi) is 3.67. The Hall–Kier alpha value is -1.19. The summed E-state index contributed by atoms with van der Waals surface area (Å²) in [6.45, 7) is 3.95. The molecule has 2 aliphatic rings. The first-order chi connectivity index (χ1) is 9.29. The first-order valence-corrected chi connectivity index (χ1v) is 7.63. The largest absolute Gasteiger partial charge is 0.343 e. The van der Waals surface area contributed by atoms with Crippen molar-refractivity contribution in [1.29, 1.82) is 0 Å². The van der Waals surface area contributed by atoms with Gasteiger partial charge in [-0.2, -0.15) is 0 Å². The van der Waals surface area contributed by atoms with E-state index in [1.807, 2.05) is 11.8 Å². The Balaban J connectivity index is 1.99. The molecule has 1 heterocycles. The second kappa shape index (κ2) is 5.43. The second-order valence-electron chi connectivity index (χ2n) is 5.00. The summed E-state index contributed by atoms with van der Waals surface area (Å²) in [6, 6.07) is 8.63. The minimum atomic E-state index is 0.505. The zero-order chi connectivity index (χ0) is 13.2. The van der Waals surface area contributed by atoms with Crippen molar-refractivity contribution >= 4 is 17.4 Å². The number of benzene rings is 1. The van der Waals surface area contributed by atoms with Gasteiger partial charge < -0.3 is 10.6 Å². The van der Waals surface area contributed by atoms with Crippen LogP contribution in [0.1, 0.15) is 13.3 Å². The van der Waals surface area contributed by atoms with Crippen LogP contribution in [-0.4, -0.2) is 13.1 Å². The third-order valence-electron chi connectivity index (χ3n) is 3.48. The fourth-order valence-corrected chi connectivity index (χ4v) is 3.62. The lowest BCUT2D eigenvalue weighted by molar-refractivity contribution is 0.756. The fourth-order valence-electron chi connectivity index (χ4n) is 2.53. The maximum atomic E-state index is 5.69. The van der Waals surface area contributed by atoms with Gasteiger partial charge in [0.1, 0.15) is 0 Å². The smallest absolute Gasteiger partial charge is 0.0550 e. The molecule has 3 rings (SSSR count). The number of rotatable bonds is 3. The van der Waals surface area contributed by atoms with Crippen molar-refractivity contribution in [2.24, 2.45) is 11.7 Å². The van der Waals surface area contributed by atoms with E-state index in [2.05, 4.69) is 54.7 Å². The lowest BCUT2D eigenvalue weighted by Crippen LogP contribution is -2.30. The third kappa shape index (κ3) is 2.45. The summed E-state index contributed by atoms with van der Waals surface area (Å²) in [5.41, 5.74) is 8.36. The van der Waals surface area contributed by atoms with Crippen molar-refractivity contribution in [1.82, 2.24) is 0 Å². The number of allylic oxidation sites excluding steroid dienone is 3. The maximum absolute atomic E-state index is 5.69. The molecule has 1 aromatic carbocycles. The number of para-hydroxylation sites is 1. The van der Waals surface area contributed by atoms with Gasteiger partial charge in [0.25, 0.3) is 0 Å². The molecule has 3 heteroatoms. The molecule has 19 heavy (non-hydrogen) atoms. The van der Waals surface area contributed by atoms with E-state index >= 15 is 0 Å². The van der Waals surface area contributed by atoms with Gasteiger partial charge in [0.05, 0.1) is 5.69 Å². The van der Waals surface area contributed by atoms with Crippen molar-refractivity contribution in [3.05, 3.63) is 53.4 Å². The highest BCUT2D eigenvalue weighted by Gasteiger charge is 2.27. The van der Waals surface area contributed by atoms with Gasteiger partial charge in [-0.05, 0) is 31.0 Å². The van der Waals surface area contributed by atoms with E-state index < -0.39 is 0 Å². The highest BCUT2D eigenvalue weighted by molar-refractivity contribution is 8.03. The molecule has 99 valence electrons. The summed E-state index contributed by atoms with van der Waals surface area (Å²) in [5.74, 6) is 0.505. The average molecular weight is 271 g/mol. The Morgan fingerprint density at radius 3 is 3.00 bits per heavy atom. The lowest BCUT2D eigenvalue weighted by Gasteiger charge is -2.36. The summed E-state index contributed by atoms with van der Waals surface area (Å²) in [4.78, 5) is 5.12. The summed E-state index contributed by atoms with van der Waals surface area (Å²) in [5, 5.41) is 0. The van der Waals surface area contributed by atoms with Gasteiger partial charge in [0, 0.05) is 28.5 Å². The van der Waals surface area contributed by atoms with E-state index in [-0.39, 0.29) is 0 Å². The van der Waals surface area contributed by atoms with Crippen LogP contribution in [0.3, 0.4) is 0 Å². The van der Waals surface area contributed by atoms with Crippen LogP contribution >= 0.6 is 11.8 Å². The molecule has 0 fully saturated rings. The van der Waals surface area contributed by atoms with Crippen molar-refractivity contribution in [2.45, 2.75) is 18.2 Å². The van der Waals surface area contributed by atoms with Gasteiger partial charge >= 0.3 is 0 Å². The van der Waals surface area contributed by atoms with Crippen molar-refractivity contribution in [2.75, 3.05) is 18.0 Å². The molecule has 0 bridgehead atoms. The van der Waals surface area contributed by atoms with Crippen LogP contribution in [-0.2, 0) is 0 Å². The zero-order valence-electron chi connectivity index (χ0n) is 11.2. The molecule has 1 atom stereocenters. The molecular weight excluding hydrogens is 252 g/mol. The molecule has 0 spiro atoms. The molecule has 2 N–H and O–H groups in total. The minimum absolute atomic E-state index is 0.505. The van der Waals surface area contributed by atoms with Crippen molar-refractivity contribution in [3.63, 3.8) is 0 Å². The van der Waals surface area contributed by atoms with Crippen LogP contribution in [0.15, 0.2) is 51.9 Å². The Morgan fingerprint density at radius 2 is 2.16 bits per heavy atom. The summed E-state index contributed by atoms with van der Waals surface area (Å²) in [7, 11) is 0. The predicted octanol–water partition coefficient (Wildman–Crippen LogP) is 3.57. The van der Waals surface area contributed by atoms with Crippen LogP contribution < -0.4 is 10.6 Å². The molecule has 1 aliphatic heterocycles. The monoisotopic (exact) mass is 271 g/mol. The van der Waals surface area contributed by atoms with Gasteiger partial charge in [-0.15, -0.1) is 0 Å². The average Bonchev–Trinajstić information content (AvgIpc) is 2.44. The number of nitrogens with two attached hydrogens (primary N) is 1. The predicted molar refractivity (Wildman–Crippen MR) is 82.9 cm³/mol. The molecule has 1 aliphatic carbocycles. The maximum Gasteiger partial charge on any atom is 0.0550 e. The molecule has 0 aromatic heterocycles. The SMILES string of the molecule is CC1[CH]C2=C(C=C1)Sc1ccccc1N2CCCN. The number of hydrogen-bond acceptors (Lipinski definition) is 3. The number of nitrogens with zero attached hydrogens (tertiary/aromatic N) is 1. The van der Waals surface area contributed by atoms with E-state index in [0.29, 0.717) is 5.92 Å². The van der Waals surface area contributed by atoms with Crippen LogP contribution in [0.25, 0.3) is 0 Å². The van der Waals surface area contributed by atoms with Crippen LogP contribution in [0.4, 0.5) is 5.69 Å². The van der Waals surface area contributed by atoms with Gasteiger partial charge in [-0.3, -0.25) is 0 Å². The Bertz CT molecular complexity index is 533. The number of hydrogen-bond donors (Lipinski definition) is 1. The topological polar surface area (TPSA) is 29.3 Å². The molecular formula is C16H19N2S. The van der Waals surface area contributed by atoms with Gasteiger partial charge in [0.2, 0.25) is 0 Å². The van der Waals surface area contributed by atoms with E-state index in [9.17, 15) is 0 Å². The first kappa shape index (κ1) is 12.8. The van der Waals surface area contributed by atoms with Gasteiger partial charge in [0.15, 0.2) is 0 Å². The van der Waals surface area contributed by atoms with E-state index in [4.69, 9.17) is 5.73 Å². The first-order valence-electron chi connectivity index (χ1n) is 6.81. The van der Waals surface area contributed by atoms with Crippen LogP contribution in [0.2, 0.25) is 0 Å². The molecule has 0 saturated heterocycles. The number of thioether (sulfide) groups is 1. The van der Waals surface area contributed by atoms with Crippen LogP contribution in [0.5, 0.6) is 0 Å². The molecule has 0 amide bonds. The van der Waals surface area contributed by atoms with Crippen molar-refractivity contribution < 1.29 is 0 Å². The highest BCUT2D eigenvalue weighted by Crippen LogP contribution is 2.46. The zero-order valence-corrected chi connectivity index (χ0v) is 12.0. The van der Waals surface area contributed by atoms with Gasteiger partial charge in [-0.25, -0.2) is 0 Å². The summed E-state index contributed by atoms with van der Waals surface area (Å²) >= 11 is 1.87. The highest BCUT2D eigenvalue weighted by atomic mass is 32.2. The minimum Gasteiger partial charge on any atom is -0.343 e. The molecule has 0 saturated carbocycles. The number of fused-ring (bicyclic) bond motifs is 1. The summed E-state index contributed by atoms with van der Waals surface area (Å²) in [6.07, 6.45) is 7.90. The van der Waals surface area contributed by atoms with E-state index in [1.54, 1.807) is 0 Å². The molecule has 1 unspecified atom stereocenters. The second-order valence-corrected chi connectivity index (χ2v) is 6.08. The van der Waals surface area contributed by atoms with Crippen molar-refractivity contribution in [3.8, 4) is 0 Å². The van der Waals surface area contributed by atoms with Gasteiger partial charge in [-0.1, -0.05) is 43.0 Å². The standard InChI is InChI=1S/C16H19N2S/c1-12-7-8-16-14(11-12)18(10-4-9-17)13-5-2-3-6-15(13)19-16/h2-3,5-8,11-12H,4,9-10,17H2,1H3. The van der Waals surface area contributed by atoms with E-state index in [1.165, 1.54) is 21.2 Å². The molecule has 2 nitrogen and oxygen atoms in total. The lowest BCUT2D eigenvalue weighted by atomic mass is 9.98. The fraction of sp³-hybridized carbons (Fsp3) is 0.312. The Morgan fingerprint density at radius 1 is 1.32 bits per heavy atom. The molecule has 1 radical (unpaired) electrons. The summed E-state index contributed by atoms with van der Waals surface area (Å²) < 4.78 is 0. The van der Waals surface area contributed by atoms with E-state index in [0.717, 1.165) is 19.5 Å². The number of anilines is 1. The molecule has 1 aromatic rings. The van der Waals surface area contributed by atoms with Crippen LogP contribution in [0, 0.1) is 12.3 Å². The Labute approximate surface area is 119 Å². The normalized spacial score (nSPS) is 21.4. The third-order valence-corrected chi connectivity index (χ3v) is 4.61.